The summed E-state index contributed by atoms with van der Waals surface area (Å²) in [6.07, 6.45) is 0.976. The van der Waals surface area contributed by atoms with Crippen LogP contribution < -0.4 is 5.32 Å². The molecule has 0 saturated carbocycles. The maximum absolute atomic E-state index is 11.7. The first-order valence-electron chi connectivity index (χ1n) is 7.30. The van der Waals surface area contributed by atoms with Gasteiger partial charge in [0.2, 0.25) is 0 Å². The third kappa shape index (κ3) is 4.77. The monoisotopic (exact) mass is 329 g/mol. The van der Waals surface area contributed by atoms with Gasteiger partial charge >= 0.3 is 12.1 Å². The molecule has 0 atom stereocenters. The molecule has 1 amide bonds. The molecular formula is C17H19N3O4. The lowest BCUT2D eigenvalue weighted by molar-refractivity contribution is 0.0592. The fourth-order valence-corrected chi connectivity index (χ4v) is 1.84. The van der Waals surface area contributed by atoms with Crippen molar-refractivity contribution in [1.82, 2.24) is 9.97 Å². The number of nitrogens with one attached hydrogen (secondary N) is 1. The highest BCUT2D eigenvalue weighted by Crippen LogP contribution is 2.18. The Kier molecular flexibility index (Phi) is 5.13. The minimum absolute atomic E-state index is 0.214. The maximum atomic E-state index is 11.7. The molecule has 0 aliphatic carbocycles. The SMILES string of the molecule is COC(=O)c1cccc(-c2ccc(NC(=O)OC(C)(C)C)nc2)n1. The Labute approximate surface area is 140 Å². The summed E-state index contributed by atoms with van der Waals surface area (Å²) < 4.78 is 9.81. The first-order valence-corrected chi connectivity index (χ1v) is 7.30. The van der Waals surface area contributed by atoms with Gasteiger partial charge in [-0.2, -0.15) is 0 Å². The molecule has 0 aromatic carbocycles. The van der Waals surface area contributed by atoms with Crippen LogP contribution in [0.25, 0.3) is 11.3 Å². The van der Waals surface area contributed by atoms with Gasteiger partial charge in [0.1, 0.15) is 17.1 Å². The summed E-state index contributed by atoms with van der Waals surface area (Å²) in [7, 11) is 1.30. The number of nitrogens with zero attached hydrogens (tertiary/aromatic N) is 2. The summed E-state index contributed by atoms with van der Waals surface area (Å²) in [5.74, 6) is -0.148. The summed E-state index contributed by atoms with van der Waals surface area (Å²) in [5, 5.41) is 2.55. The molecule has 0 aliphatic heterocycles. The number of amides is 1. The molecule has 126 valence electrons. The molecule has 0 radical (unpaired) electrons. The number of aromatic nitrogens is 2. The van der Waals surface area contributed by atoms with Gasteiger partial charge in [-0.25, -0.2) is 19.6 Å². The number of carbonyl (C=O) groups is 2. The Morgan fingerprint density at radius 1 is 1.12 bits per heavy atom. The first kappa shape index (κ1) is 17.4. The van der Waals surface area contributed by atoms with Crippen LogP contribution in [0, 0.1) is 0 Å². The van der Waals surface area contributed by atoms with E-state index in [4.69, 9.17) is 4.74 Å². The zero-order valence-corrected chi connectivity index (χ0v) is 14.0. The molecule has 7 nitrogen and oxygen atoms in total. The van der Waals surface area contributed by atoms with Crippen molar-refractivity contribution in [3.05, 3.63) is 42.2 Å². The van der Waals surface area contributed by atoms with E-state index in [1.807, 2.05) is 0 Å². The number of hydrogen-bond acceptors (Lipinski definition) is 6. The van der Waals surface area contributed by atoms with Crippen LogP contribution >= 0.6 is 0 Å². The Balaban J connectivity index is 2.12. The topological polar surface area (TPSA) is 90.4 Å². The van der Waals surface area contributed by atoms with Gasteiger partial charge in [-0.05, 0) is 45.0 Å². The molecule has 0 spiro atoms. The first-order chi connectivity index (χ1) is 11.3. The highest BCUT2D eigenvalue weighted by Gasteiger charge is 2.16. The summed E-state index contributed by atoms with van der Waals surface area (Å²) in [6, 6.07) is 8.40. The smallest absolute Gasteiger partial charge is 0.413 e. The van der Waals surface area contributed by atoms with Crippen molar-refractivity contribution in [3.8, 4) is 11.3 Å². The van der Waals surface area contributed by atoms with E-state index < -0.39 is 17.7 Å². The van der Waals surface area contributed by atoms with Gasteiger partial charge in [0, 0.05) is 11.8 Å². The fourth-order valence-electron chi connectivity index (χ4n) is 1.84. The van der Waals surface area contributed by atoms with Gasteiger partial charge in [-0.15, -0.1) is 0 Å². The van der Waals surface area contributed by atoms with Crippen molar-refractivity contribution in [1.29, 1.82) is 0 Å². The van der Waals surface area contributed by atoms with E-state index in [0.29, 0.717) is 17.1 Å². The van der Waals surface area contributed by atoms with Crippen molar-refractivity contribution in [2.24, 2.45) is 0 Å². The zero-order valence-electron chi connectivity index (χ0n) is 14.0. The molecule has 0 fully saturated rings. The summed E-state index contributed by atoms with van der Waals surface area (Å²) in [4.78, 5) is 31.6. The highest BCUT2D eigenvalue weighted by atomic mass is 16.6. The van der Waals surface area contributed by atoms with E-state index in [9.17, 15) is 9.59 Å². The van der Waals surface area contributed by atoms with E-state index in [-0.39, 0.29) is 5.69 Å². The molecule has 2 aromatic heterocycles. The largest absolute Gasteiger partial charge is 0.464 e. The lowest BCUT2D eigenvalue weighted by atomic mass is 10.2. The number of hydrogen-bond donors (Lipinski definition) is 1. The van der Waals surface area contributed by atoms with Crippen molar-refractivity contribution in [2.75, 3.05) is 12.4 Å². The number of anilines is 1. The minimum Gasteiger partial charge on any atom is -0.464 e. The number of methoxy groups -OCH3 is 1. The predicted octanol–water partition coefficient (Wildman–Crippen LogP) is 3.28. The van der Waals surface area contributed by atoms with Crippen LogP contribution in [0.4, 0.5) is 10.6 Å². The zero-order chi connectivity index (χ0) is 17.7. The Morgan fingerprint density at radius 2 is 1.88 bits per heavy atom. The molecule has 7 heteroatoms. The molecule has 0 unspecified atom stereocenters. The minimum atomic E-state index is -0.581. The van der Waals surface area contributed by atoms with Crippen molar-refractivity contribution < 1.29 is 19.1 Å². The van der Waals surface area contributed by atoms with E-state index >= 15 is 0 Å². The van der Waals surface area contributed by atoms with E-state index in [1.54, 1.807) is 57.3 Å². The van der Waals surface area contributed by atoms with Crippen LogP contribution in [-0.4, -0.2) is 34.7 Å². The Hall–Kier alpha value is -2.96. The molecule has 2 heterocycles. The second kappa shape index (κ2) is 7.08. The predicted molar refractivity (Wildman–Crippen MR) is 88.7 cm³/mol. The third-order valence-electron chi connectivity index (χ3n) is 2.83. The van der Waals surface area contributed by atoms with E-state index in [0.717, 1.165) is 0 Å². The maximum Gasteiger partial charge on any atom is 0.413 e. The summed E-state index contributed by atoms with van der Waals surface area (Å²) in [6.45, 7) is 5.34. The van der Waals surface area contributed by atoms with Gasteiger partial charge in [-0.1, -0.05) is 6.07 Å². The highest BCUT2D eigenvalue weighted by molar-refractivity contribution is 5.88. The summed E-state index contributed by atoms with van der Waals surface area (Å²) in [5.41, 5.74) is 0.915. The van der Waals surface area contributed by atoms with E-state index in [1.165, 1.54) is 7.11 Å². The van der Waals surface area contributed by atoms with Gasteiger partial charge in [0.25, 0.3) is 0 Å². The fraction of sp³-hybridized carbons (Fsp3) is 0.294. The molecule has 2 aromatic rings. The molecule has 1 N–H and O–H groups in total. The number of ether oxygens (including phenoxy) is 2. The number of carbonyl (C=O) groups excluding carboxylic acids is 2. The number of rotatable bonds is 3. The number of esters is 1. The van der Waals surface area contributed by atoms with Gasteiger partial charge in [0.15, 0.2) is 0 Å². The lowest BCUT2D eigenvalue weighted by Crippen LogP contribution is -2.27. The average Bonchev–Trinajstić information content (AvgIpc) is 2.53. The van der Waals surface area contributed by atoms with Crippen LogP contribution in [0.15, 0.2) is 36.5 Å². The molecule has 24 heavy (non-hydrogen) atoms. The van der Waals surface area contributed by atoms with Crippen LogP contribution in [0.1, 0.15) is 31.3 Å². The standard InChI is InChI=1S/C17H19N3O4/c1-17(2,3)24-16(22)20-14-9-8-11(10-18-14)12-6-5-7-13(19-12)15(21)23-4/h5-10H,1-4H3,(H,18,20,22). The van der Waals surface area contributed by atoms with Crippen molar-refractivity contribution in [2.45, 2.75) is 26.4 Å². The Morgan fingerprint density at radius 3 is 2.46 bits per heavy atom. The third-order valence-corrected chi connectivity index (χ3v) is 2.83. The lowest BCUT2D eigenvalue weighted by Gasteiger charge is -2.19. The number of pyridine rings is 2. The van der Waals surface area contributed by atoms with Crippen molar-refractivity contribution in [3.63, 3.8) is 0 Å². The van der Waals surface area contributed by atoms with Crippen LogP contribution in [-0.2, 0) is 9.47 Å². The normalized spacial score (nSPS) is 10.8. The van der Waals surface area contributed by atoms with Gasteiger partial charge < -0.3 is 9.47 Å². The second-order valence-corrected chi connectivity index (χ2v) is 5.96. The van der Waals surface area contributed by atoms with Crippen molar-refractivity contribution >= 4 is 17.9 Å². The molecule has 0 saturated heterocycles. The molecule has 0 aliphatic rings. The molecule has 0 bridgehead atoms. The van der Waals surface area contributed by atoms with E-state index in [2.05, 4.69) is 20.0 Å². The summed E-state index contributed by atoms with van der Waals surface area (Å²) >= 11 is 0. The molecule has 2 rings (SSSR count). The average molecular weight is 329 g/mol. The second-order valence-electron chi connectivity index (χ2n) is 5.96. The Bertz CT molecular complexity index is 736. The van der Waals surface area contributed by atoms with Crippen LogP contribution in [0.3, 0.4) is 0 Å². The molecular weight excluding hydrogens is 310 g/mol. The van der Waals surface area contributed by atoms with Crippen LogP contribution in [0.2, 0.25) is 0 Å². The van der Waals surface area contributed by atoms with Gasteiger partial charge in [-0.3, -0.25) is 5.32 Å². The quantitative estimate of drug-likeness (QED) is 0.869. The van der Waals surface area contributed by atoms with Gasteiger partial charge in [0.05, 0.1) is 12.8 Å². The van der Waals surface area contributed by atoms with Crippen LogP contribution in [0.5, 0.6) is 0 Å².